The lowest BCUT2D eigenvalue weighted by molar-refractivity contribution is 0.0956. The summed E-state index contributed by atoms with van der Waals surface area (Å²) in [7, 11) is 1.55. The number of rotatable bonds is 7. The molecular weight excluding hydrogens is 432 g/mol. The molecule has 0 fully saturated rings. The molecule has 146 valence electrons. The summed E-state index contributed by atoms with van der Waals surface area (Å²) in [6, 6.07) is 18.1. The van der Waals surface area contributed by atoms with Crippen molar-refractivity contribution < 1.29 is 14.3 Å². The third-order valence-corrected chi connectivity index (χ3v) is 4.62. The molecule has 0 saturated carbocycles. The Morgan fingerprint density at radius 1 is 1.03 bits per heavy atom. The van der Waals surface area contributed by atoms with E-state index >= 15 is 0 Å². The number of aromatic nitrogens is 1. The molecule has 3 aromatic rings. The number of benzene rings is 2. The van der Waals surface area contributed by atoms with Crippen LogP contribution in [0.1, 0.15) is 32.8 Å². The maximum atomic E-state index is 12.2. The monoisotopic (exact) mass is 450 g/mol. The molecular formula is C23H19BrN2O3. The van der Waals surface area contributed by atoms with Crippen LogP contribution in [0.2, 0.25) is 0 Å². The Labute approximate surface area is 177 Å². The Balaban J connectivity index is 1.58. The molecule has 0 aliphatic rings. The van der Waals surface area contributed by atoms with E-state index in [0.29, 0.717) is 29.2 Å². The van der Waals surface area contributed by atoms with E-state index in [4.69, 9.17) is 4.74 Å². The van der Waals surface area contributed by atoms with E-state index < -0.39 is 0 Å². The molecule has 5 nitrogen and oxygen atoms in total. The molecule has 1 N–H and O–H groups in total. The second kappa shape index (κ2) is 9.80. The topological polar surface area (TPSA) is 68.3 Å². The van der Waals surface area contributed by atoms with Crippen molar-refractivity contribution in [2.45, 2.75) is 6.42 Å². The highest BCUT2D eigenvalue weighted by Crippen LogP contribution is 2.22. The van der Waals surface area contributed by atoms with Gasteiger partial charge in [0.2, 0.25) is 0 Å². The molecule has 1 amide bonds. The molecule has 0 spiro atoms. The van der Waals surface area contributed by atoms with Crippen LogP contribution in [0.4, 0.5) is 0 Å². The third-order valence-electron chi connectivity index (χ3n) is 4.09. The minimum Gasteiger partial charge on any atom is -0.457 e. The van der Waals surface area contributed by atoms with Gasteiger partial charge in [-0.1, -0.05) is 52.3 Å². The smallest absolute Gasteiger partial charge is 0.269 e. The fourth-order valence-corrected chi connectivity index (χ4v) is 2.83. The molecule has 6 heteroatoms. The van der Waals surface area contributed by atoms with E-state index in [2.05, 4.69) is 26.2 Å². The molecule has 0 aliphatic heterocycles. The highest BCUT2D eigenvalue weighted by atomic mass is 79.9. The van der Waals surface area contributed by atoms with Gasteiger partial charge in [0.1, 0.15) is 17.2 Å². The molecule has 1 heterocycles. The van der Waals surface area contributed by atoms with Gasteiger partial charge in [0.05, 0.1) is 0 Å². The van der Waals surface area contributed by atoms with Crippen LogP contribution in [0.15, 0.2) is 77.4 Å². The van der Waals surface area contributed by atoms with Crippen LogP contribution in [-0.4, -0.2) is 23.7 Å². The van der Waals surface area contributed by atoms with Crippen LogP contribution in [0, 0.1) is 0 Å². The second-order valence-corrected chi connectivity index (χ2v) is 7.08. The highest BCUT2D eigenvalue weighted by Gasteiger charge is 2.07. The fourth-order valence-electron chi connectivity index (χ4n) is 2.57. The first-order valence-electron chi connectivity index (χ1n) is 8.96. The van der Waals surface area contributed by atoms with Crippen molar-refractivity contribution in [3.63, 3.8) is 0 Å². The number of amides is 1. The van der Waals surface area contributed by atoms with Crippen molar-refractivity contribution >= 4 is 33.7 Å². The van der Waals surface area contributed by atoms with Gasteiger partial charge >= 0.3 is 0 Å². The summed E-state index contributed by atoms with van der Waals surface area (Å²) < 4.78 is 6.72. The highest BCUT2D eigenvalue weighted by molar-refractivity contribution is 9.10. The first-order valence-corrected chi connectivity index (χ1v) is 9.76. The van der Waals surface area contributed by atoms with Crippen molar-refractivity contribution in [1.29, 1.82) is 0 Å². The zero-order valence-electron chi connectivity index (χ0n) is 15.8. The van der Waals surface area contributed by atoms with Crippen LogP contribution in [0.3, 0.4) is 0 Å². The number of Topliss-reactive ketones (excluding diaryl/α,β-unsaturated/α-hetero) is 1. The molecule has 0 saturated heterocycles. The average molecular weight is 451 g/mol. The van der Waals surface area contributed by atoms with E-state index in [0.717, 1.165) is 10.0 Å². The summed E-state index contributed by atoms with van der Waals surface area (Å²) in [4.78, 5) is 27.8. The molecule has 0 radical (unpaired) electrons. The number of nitrogens with one attached hydrogen (secondary N) is 1. The van der Waals surface area contributed by atoms with Gasteiger partial charge in [-0.3, -0.25) is 14.6 Å². The number of carbonyl (C=O) groups excluding carboxylic acids is 2. The number of ether oxygens (including phenoxy) is 1. The lowest BCUT2D eigenvalue weighted by Crippen LogP contribution is -2.18. The largest absolute Gasteiger partial charge is 0.457 e. The molecule has 0 unspecified atom stereocenters. The predicted octanol–water partition coefficient (Wildman–Crippen LogP) is 5.28. The van der Waals surface area contributed by atoms with E-state index in [9.17, 15) is 9.59 Å². The van der Waals surface area contributed by atoms with E-state index in [1.165, 1.54) is 6.20 Å². The van der Waals surface area contributed by atoms with Gasteiger partial charge in [0.25, 0.3) is 5.91 Å². The number of pyridine rings is 1. The standard InChI is InChI=1S/C23H19BrN2O3/c1-25-23(28)21-15-20(13-14-26-21)29-19-11-5-16(6-12-19)3-2-4-22(27)17-7-9-18(24)10-8-17/h2-3,5-15H,4H2,1H3,(H,25,28)/b3-2+. The van der Waals surface area contributed by atoms with Crippen LogP contribution >= 0.6 is 15.9 Å². The quantitative estimate of drug-likeness (QED) is 0.497. The minimum absolute atomic E-state index is 0.0679. The zero-order valence-corrected chi connectivity index (χ0v) is 17.3. The predicted molar refractivity (Wildman–Crippen MR) is 116 cm³/mol. The van der Waals surface area contributed by atoms with E-state index in [1.807, 2.05) is 48.6 Å². The number of ketones is 1. The van der Waals surface area contributed by atoms with Crippen molar-refractivity contribution in [1.82, 2.24) is 10.3 Å². The molecule has 2 aromatic carbocycles. The minimum atomic E-state index is -0.270. The molecule has 0 atom stereocenters. The zero-order chi connectivity index (χ0) is 20.6. The molecule has 1 aromatic heterocycles. The van der Waals surface area contributed by atoms with Gasteiger partial charge in [-0.15, -0.1) is 0 Å². The van der Waals surface area contributed by atoms with Crippen molar-refractivity contribution in [3.8, 4) is 11.5 Å². The number of hydrogen-bond donors (Lipinski definition) is 1. The van der Waals surface area contributed by atoms with Gasteiger partial charge in [-0.25, -0.2) is 0 Å². The Morgan fingerprint density at radius 3 is 2.45 bits per heavy atom. The van der Waals surface area contributed by atoms with Gasteiger partial charge in [-0.05, 0) is 35.9 Å². The van der Waals surface area contributed by atoms with Crippen LogP contribution < -0.4 is 10.1 Å². The first-order chi connectivity index (χ1) is 14.0. The number of allylic oxidation sites excluding steroid dienone is 1. The average Bonchev–Trinajstić information content (AvgIpc) is 2.75. The lowest BCUT2D eigenvalue weighted by Gasteiger charge is -2.07. The lowest BCUT2D eigenvalue weighted by atomic mass is 10.1. The number of halogens is 1. The Kier molecular flexibility index (Phi) is 6.92. The SMILES string of the molecule is CNC(=O)c1cc(Oc2ccc(/C=C/CC(=O)c3ccc(Br)cc3)cc2)ccn1. The Hall–Kier alpha value is -3.25. The van der Waals surface area contributed by atoms with Gasteiger partial charge in [-0.2, -0.15) is 0 Å². The number of carbonyl (C=O) groups is 2. The van der Waals surface area contributed by atoms with Crippen molar-refractivity contribution in [2.75, 3.05) is 7.05 Å². The molecule has 29 heavy (non-hydrogen) atoms. The summed E-state index contributed by atoms with van der Waals surface area (Å²) in [5, 5.41) is 2.53. The third kappa shape index (κ3) is 5.86. The Bertz CT molecular complexity index is 1030. The number of hydrogen-bond acceptors (Lipinski definition) is 4. The molecule has 0 aliphatic carbocycles. The normalized spacial score (nSPS) is 10.7. The first kappa shape index (κ1) is 20.5. The summed E-state index contributed by atoms with van der Waals surface area (Å²) in [6.45, 7) is 0. The van der Waals surface area contributed by atoms with Gasteiger partial charge in [0.15, 0.2) is 5.78 Å². The number of nitrogens with zero attached hydrogens (tertiary/aromatic N) is 1. The van der Waals surface area contributed by atoms with Crippen LogP contribution in [0.25, 0.3) is 6.08 Å². The van der Waals surface area contributed by atoms with Crippen molar-refractivity contribution in [3.05, 3.63) is 94.2 Å². The second-order valence-electron chi connectivity index (χ2n) is 6.16. The van der Waals surface area contributed by atoms with Crippen molar-refractivity contribution in [2.24, 2.45) is 0 Å². The van der Waals surface area contributed by atoms with Gasteiger partial charge < -0.3 is 10.1 Å². The van der Waals surface area contributed by atoms with Crippen LogP contribution in [0.5, 0.6) is 11.5 Å². The Morgan fingerprint density at radius 2 is 1.76 bits per heavy atom. The maximum Gasteiger partial charge on any atom is 0.269 e. The van der Waals surface area contributed by atoms with E-state index in [-0.39, 0.29) is 11.7 Å². The molecule has 3 rings (SSSR count). The van der Waals surface area contributed by atoms with Gasteiger partial charge in [0, 0.05) is 35.8 Å². The maximum absolute atomic E-state index is 12.2. The van der Waals surface area contributed by atoms with E-state index in [1.54, 1.807) is 31.3 Å². The summed E-state index contributed by atoms with van der Waals surface area (Å²) in [6.07, 6.45) is 5.61. The van der Waals surface area contributed by atoms with Crippen LogP contribution in [-0.2, 0) is 0 Å². The fraction of sp³-hybridized carbons (Fsp3) is 0.0870. The summed E-state index contributed by atoms with van der Waals surface area (Å²) in [5.74, 6) is 0.969. The summed E-state index contributed by atoms with van der Waals surface area (Å²) >= 11 is 3.36. The molecule has 0 bridgehead atoms. The summed E-state index contributed by atoms with van der Waals surface area (Å²) in [5.41, 5.74) is 1.94.